The lowest BCUT2D eigenvalue weighted by Crippen LogP contribution is -2.54. The molecule has 0 aliphatic heterocycles. The summed E-state index contributed by atoms with van der Waals surface area (Å²) >= 11 is 0. The summed E-state index contributed by atoms with van der Waals surface area (Å²) in [5.74, 6) is -5.78. The maximum Gasteiger partial charge on any atom is 0.326 e. The molecule has 0 aliphatic carbocycles. The average Bonchev–Trinajstić information content (AvgIpc) is 2.70. The van der Waals surface area contributed by atoms with Crippen LogP contribution in [0.2, 0.25) is 0 Å². The number of carboxylic acids is 2. The van der Waals surface area contributed by atoms with Crippen molar-refractivity contribution in [3.63, 3.8) is 0 Å². The minimum absolute atomic E-state index is 0.127. The Balaban J connectivity index is 4.94. The van der Waals surface area contributed by atoms with E-state index in [-0.39, 0.29) is 25.2 Å². The Bertz CT molecular complexity index is 684. The van der Waals surface area contributed by atoms with Crippen molar-refractivity contribution in [1.82, 2.24) is 16.0 Å². The molecule has 176 valence electrons. The normalized spacial score (nSPS) is 14.4. The molecule has 0 heterocycles. The van der Waals surface area contributed by atoms with E-state index in [2.05, 4.69) is 16.0 Å². The van der Waals surface area contributed by atoms with Crippen molar-refractivity contribution < 1.29 is 39.0 Å². The van der Waals surface area contributed by atoms with Gasteiger partial charge in [-0.1, -0.05) is 20.3 Å². The van der Waals surface area contributed by atoms with Crippen molar-refractivity contribution in [1.29, 1.82) is 0 Å². The van der Waals surface area contributed by atoms with E-state index in [0.717, 1.165) is 0 Å². The standard InChI is InChI=1S/C18H31N5O8/c1-3-9(2)15(20)17(29)23-10(4-6-12(19)24)16(28)21-8-13(25)22-11(18(30)31)5-7-14(26)27/h9-11,15H,3-8,20H2,1-2H3,(H2,19,24)(H,21,28)(H,22,25)(H,23,29)(H,26,27)(H,30,31). The SMILES string of the molecule is CCC(C)C(N)C(=O)NC(CCC(N)=O)C(=O)NCC(=O)NC(CCC(=O)O)C(=O)O. The van der Waals surface area contributed by atoms with Crippen molar-refractivity contribution in [2.24, 2.45) is 17.4 Å². The van der Waals surface area contributed by atoms with Gasteiger partial charge in [0, 0.05) is 12.8 Å². The molecule has 4 unspecified atom stereocenters. The van der Waals surface area contributed by atoms with Crippen LogP contribution in [0, 0.1) is 5.92 Å². The first-order valence-corrected chi connectivity index (χ1v) is 9.74. The largest absolute Gasteiger partial charge is 0.481 e. The summed E-state index contributed by atoms with van der Waals surface area (Å²) in [7, 11) is 0. The van der Waals surface area contributed by atoms with Crippen LogP contribution in [-0.4, -0.2) is 70.5 Å². The van der Waals surface area contributed by atoms with Gasteiger partial charge in [-0.25, -0.2) is 4.79 Å². The first-order chi connectivity index (χ1) is 14.4. The van der Waals surface area contributed by atoms with Gasteiger partial charge >= 0.3 is 11.9 Å². The van der Waals surface area contributed by atoms with E-state index in [9.17, 15) is 28.8 Å². The van der Waals surface area contributed by atoms with Crippen LogP contribution in [0.1, 0.15) is 46.0 Å². The molecule has 0 fully saturated rings. The number of amides is 4. The lowest BCUT2D eigenvalue weighted by Gasteiger charge is -2.23. The highest BCUT2D eigenvalue weighted by Gasteiger charge is 2.27. The van der Waals surface area contributed by atoms with E-state index < -0.39 is 66.7 Å². The molecule has 13 heteroatoms. The summed E-state index contributed by atoms with van der Waals surface area (Å²) in [6, 6.07) is -3.52. The molecule has 0 aliphatic rings. The smallest absolute Gasteiger partial charge is 0.326 e. The molecule has 0 radical (unpaired) electrons. The molecule has 9 N–H and O–H groups in total. The molecule has 0 aromatic heterocycles. The number of rotatable bonds is 15. The summed E-state index contributed by atoms with van der Waals surface area (Å²) < 4.78 is 0. The number of primary amides is 1. The van der Waals surface area contributed by atoms with Gasteiger partial charge in [0.1, 0.15) is 12.1 Å². The highest BCUT2D eigenvalue weighted by Crippen LogP contribution is 2.07. The highest BCUT2D eigenvalue weighted by atomic mass is 16.4. The molecule has 0 rings (SSSR count). The average molecular weight is 445 g/mol. The van der Waals surface area contributed by atoms with Gasteiger partial charge in [-0.3, -0.25) is 24.0 Å². The molecular weight excluding hydrogens is 414 g/mol. The molecule has 4 atom stereocenters. The highest BCUT2D eigenvalue weighted by molar-refractivity contribution is 5.93. The number of nitrogens with one attached hydrogen (secondary N) is 3. The summed E-state index contributed by atoms with van der Waals surface area (Å²) in [5.41, 5.74) is 10.9. The number of carbonyl (C=O) groups excluding carboxylic acids is 4. The topological polar surface area (TPSA) is 231 Å². The zero-order valence-electron chi connectivity index (χ0n) is 17.6. The molecule has 0 bridgehead atoms. The molecule has 0 saturated heterocycles. The van der Waals surface area contributed by atoms with E-state index in [4.69, 9.17) is 21.7 Å². The van der Waals surface area contributed by atoms with Crippen molar-refractivity contribution in [2.75, 3.05) is 6.54 Å². The monoisotopic (exact) mass is 445 g/mol. The maximum absolute atomic E-state index is 12.4. The Morgan fingerprint density at radius 3 is 1.97 bits per heavy atom. The van der Waals surface area contributed by atoms with Gasteiger partial charge in [-0.15, -0.1) is 0 Å². The third kappa shape index (κ3) is 11.5. The van der Waals surface area contributed by atoms with Crippen LogP contribution in [0.25, 0.3) is 0 Å². The van der Waals surface area contributed by atoms with Crippen molar-refractivity contribution in [3.8, 4) is 0 Å². The van der Waals surface area contributed by atoms with Gasteiger partial charge in [-0.05, 0) is 18.8 Å². The third-order valence-electron chi connectivity index (χ3n) is 4.58. The quantitative estimate of drug-likeness (QED) is 0.143. The van der Waals surface area contributed by atoms with E-state index in [1.165, 1.54) is 0 Å². The van der Waals surface area contributed by atoms with Crippen LogP contribution < -0.4 is 27.4 Å². The fourth-order valence-corrected chi connectivity index (χ4v) is 2.40. The van der Waals surface area contributed by atoms with Crippen LogP contribution >= 0.6 is 0 Å². The van der Waals surface area contributed by atoms with Crippen LogP contribution in [0.15, 0.2) is 0 Å². The Morgan fingerprint density at radius 2 is 1.48 bits per heavy atom. The van der Waals surface area contributed by atoms with E-state index in [1.807, 2.05) is 6.92 Å². The van der Waals surface area contributed by atoms with E-state index >= 15 is 0 Å². The van der Waals surface area contributed by atoms with Gasteiger partial charge in [0.25, 0.3) is 0 Å². The predicted molar refractivity (Wildman–Crippen MR) is 107 cm³/mol. The fraction of sp³-hybridized carbons (Fsp3) is 0.667. The zero-order valence-corrected chi connectivity index (χ0v) is 17.6. The Labute approximate surface area is 179 Å². The second kappa shape index (κ2) is 13.9. The van der Waals surface area contributed by atoms with E-state index in [0.29, 0.717) is 6.42 Å². The van der Waals surface area contributed by atoms with Gasteiger partial charge in [0.05, 0.1) is 12.6 Å². The molecule has 13 nitrogen and oxygen atoms in total. The van der Waals surface area contributed by atoms with Crippen molar-refractivity contribution in [3.05, 3.63) is 0 Å². The first kappa shape index (κ1) is 27.8. The Kier molecular flexibility index (Phi) is 12.5. The first-order valence-electron chi connectivity index (χ1n) is 9.74. The number of carboxylic acid groups (broad SMARTS) is 2. The lowest BCUT2D eigenvalue weighted by molar-refractivity contribution is -0.143. The third-order valence-corrected chi connectivity index (χ3v) is 4.58. The van der Waals surface area contributed by atoms with Gasteiger partial charge in [0.2, 0.25) is 23.6 Å². The fourth-order valence-electron chi connectivity index (χ4n) is 2.40. The van der Waals surface area contributed by atoms with Crippen molar-refractivity contribution in [2.45, 2.75) is 64.1 Å². The van der Waals surface area contributed by atoms with Crippen LogP contribution in [0.3, 0.4) is 0 Å². The van der Waals surface area contributed by atoms with Crippen molar-refractivity contribution >= 4 is 35.6 Å². The molecule has 0 spiro atoms. The molecule has 4 amide bonds. The molecule has 0 aromatic rings. The molecular formula is C18H31N5O8. The summed E-state index contributed by atoms with van der Waals surface area (Å²) in [5, 5.41) is 24.4. The molecule has 0 aromatic carbocycles. The summed E-state index contributed by atoms with van der Waals surface area (Å²) in [6.45, 7) is 2.97. The summed E-state index contributed by atoms with van der Waals surface area (Å²) in [6.07, 6.45) is -0.520. The van der Waals surface area contributed by atoms with Crippen LogP contribution in [-0.2, 0) is 28.8 Å². The molecule has 31 heavy (non-hydrogen) atoms. The van der Waals surface area contributed by atoms with Crippen LogP contribution in [0.5, 0.6) is 0 Å². The van der Waals surface area contributed by atoms with Gasteiger partial charge in [0.15, 0.2) is 0 Å². The minimum atomic E-state index is -1.45. The number of carbonyl (C=O) groups is 6. The van der Waals surface area contributed by atoms with Gasteiger partial charge in [-0.2, -0.15) is 0 Å². The van der Waals surface area contributed by atoms with Gasteiger partial charge < -0.3 is 37.6 Å². The maximum atomic E-state index is 12.4. The second-order valence-corrected chi connectivity index (χ2v) is 7.09. The summed E-state index contributed by atoms with van der Waals surface area (Å²) in [4.78, 5) is 69.3. The molecule has 0 saturated carbocycles. The number of aliphatic carboxylic acids is 2. The minimum Gasteiger partial charge on any atom is -0.481 e. The lowest BCUT2D eigenvalue weighted by atomic mass is 9.98. The zero-order chi connectivity index (χ0) is 24.1. The van der Waals surface area contributed by atoms with E-state index in [1.54, 1.807) is 6.92 Å². The number of hydrogen-bond donors (Lipinski definition) is 7. The van der Waals surface area contributed by atoms with Crippen LogP contribution in [0.4, 0.5) is 0 Å². The Morgan fingerprint density at radius 1 is 0.903 bits per heavy atom. The number of nitrogens with two attached hydrogens (primary N) is 2. The predicted octanol–water partition coefficient (Wildman–Crippen LogP) is -2.34. The Hall–Kier alpha value is -3.22. The number of hydrogen-bond acceptors (Lipinski definition) is 7. The second-order valence-electron chi connectivity index (χ2n) is 7.09.